The van der Waals surface area contributed by atoms with Crippen molar-refractivity contribution in [3.63, 3.8) is 0 Å². The zero-order valence-electron chi connectivity index (χ0n) is 23.3. The molecule has 1 saturated heterocycles. The van der Waals surface area contributed by atoms with Gasteiger partial charge in [-0.3, -0.25) is 9.59 Å². The second kappa shape index (κ2) is 10.9. The third-order valence-corrected chi connectivity index (χ3v) is 10.3. The van der Waals surface area contributed by atoms with Crippen LogP contribution in [-0.4, -0.2) is 29.1 Å². The molecule has 1 N–H and O–H groups in total. The number of fused-ring (bicyclic) bond motifs is 1. The van der Waals surface area contributed by atoms with Gasteiger partial charge in [-0.1, -0.05) is 65.7 Å². The number of hydrogen-bond acceptors (Lipinski definition) is 6. The molecule has 1 saturated carbocycles. The van der Waals surface area contributed by atoms with E-state index in [9.17, 15) is 19.9 Å². The Morgan fingerprint density at radius 3 is 2.53 bits per heavy atom. The summed E-state index contributed by atoms with van der Waals surface area (Å²) in [5, 5.41) is 25.8. The lowest BCUT2D eigenvalue weighted by atomic mass is 9.70. The summed E-state index contributed by atoms with van der Waals surface area (Å²) in [6, 6.07) is 0. The number of aryl methyl sites for hydroxylation is 1. The Labute approximate surface area is 220 Å². The van der Waals surface area contributed by atoms with Gasteiger partial charge in [-0.15, -0.1) is 0 Å². The normalized spacial score (nSPS) is 36.8. The summed E-state index contributed by atoms with van der Waals surface area (Å²) in [5.41, 5.74) is 0.537. The van der Waals surface area contributed by atoms with Crippen LogP contribution in [0.4, 0.5) is 0 Å². The largest absolute Gasteiger partial charge is 0.617 e. The van der Waals surface area contributed by atoms with E-state index in [0.717, 1.165) is 36.0 Å². The predicted molar refractivity (Wildman–Crippen MR) is 143 cm³/mol. The molecular formula is C29H45NO5S. The molecule has 7 atom stereocenters. The summed E-state index contributed by atoms with van der Waals surface area (Å²) in [7, 11) is 0. The van der Waals surface area contributed by atoms with Gasteiger partial charge in [0.25, 0.3) is 0 Å². The SMILES string of the molecule is C/C(=C\c1csc(C)[n+]1[O-])[C@@H]1C[C@@H]2C[C@]2(C)CCC[C@H](C)[C@H](C)[C@@H](C)C(=O)C(C)(C)[C@@H](O)CC(=O)O1. The molecule has 0 unspecified atom stereocenters. The minimum atomic E-state index is -1.13. The first-order valence-corrected chi connectivity index (χ1v) is 14.3. The van der Waals surface area contributed by atoms with Crippen LogP contribution in [0.3, 0.4) is 0 Å². The lowest BCUT2D eigenvalue weighted by Gasteiger charge is -2.35. The molecule has 0 bridgehead atoms. The molecule has 36 heavy (non-hydrogen) atoms. The van der Waals surface area contributed by atoms with Crippen LogP contribution < -0.4 is 4.73 Å². The van der Waals surface area contributed by atoms with E-state index in [1.165, 1.54) is 11.3 Å². The van der Waals surface area contributed by atoms with Gasteiger partial charge in [-0.2, -0.15) is 4.73 Å². The van der Waals surface area contributed by atoms with Crippen LogP contribution >= 0.6 is 11.3 Å². The van der Waals surface area contributed by atoms with Crippen molar-refractivity contribution in [2.45, 2.75) is 106 Å². The van der Waals surface area contributed by atoms with Crippen LogP contribution in [0.2, 0.25) is 0 Å². The van der Waals surface area contributed by atoms with E-state index in [2.05, 4.69) is 20.8 Å². The van der Waals surface area contributed by atoms with Crippen molar-refractivity contribution in [3.05, 3.63) is 26.9 Å². The third kappa shape index (κ3) is 6.21. The van der Waals surface area contributed by atoms with Crippen molar-refractivity contribution in [1.29, 1.82) is 0 Å². The number of esters is 1. The molecule has 2 aliphatic rings. The predicted octanol–water partition coefficient (Wildman–Crippen LogP) is 5.86. The molecule has 2 heterocycles. The lowest BCUT2D eigenvalue weighted by molar-refractivity contribution is -0.608. The van der Waals surface area contributed by atoms with Gasteiger partial charge in [-0.05, 0) is 54.9 Å². The molecule has 0 aromatic carbocycles. The van der Waals surface area contributed by atoms with Crippen LogP contribution in [-0.2, 0) is 14.3 Å². The second-order valence-corrected chi connectivity index (χ2v) is 13.5. The van der Waals surface area contributed by atoms with E-state index in [1.54, 1.807) is 26.8 Å². The van der Waals surface area contributed by atoms with Gasteiger partial charge in [0.1, 0.15) is 11.9 Å². The number of carbonyl (C=O) groups excluding carboxylic acids is 2. The van der Waals surface area contributed by atoms with Gasteiger partial charge in [0.05, 0.1) is 23.3 Å². The number of thiazole rings is 1. The Bertz CT molecular complexity index is 998. The van der Waals surface area contributed by atoms with Crippen molar-refractivity contribution in [1.82, 2.24) is 0 Å². The molecule has 1 aromatic heterocycles. The average Bonchev–Trinajstić information content (AvgIpc) is 3.34. The van der Waals surface area contributed by atoms with Crippen molar-refractivity contribution < 1.29 is 24.2 Å². The number of aliphatic hydroxyl groups is 1. The quantitative estimate of drug-likeness (QED) is 0.300. The van der Waals surface area contributed by atoms with Gasteiger partial charge in [0, 0.05) is 18.9 Å². The molecule has 0 spiro atoms. The first-order valence-electron chi connectivity index (χ1n) is 13.4. The first kappa shape index (κ1) is 28.8. The summed E-state index contributed by atoms with van der Waals surface area (Å²) >= 11 is 1.39. The standard InChI is InChI=1S/C29H45NO5S/c1-17-10-9-11-29(8)15-22(29)13-24(18(2)12-23-16-36-21(5)30(23)34)35-26(32)14-25(31)28(6,7)27(33)20(4)19(17)3/h12,16-17,19-20,22,24-25,31H,9-11,13-15H2,1-8H3/b18-12+/t17-,19-,20+,22+,24-,25-,29-/m0/s1. The number of hydrogen-bond donors (Lipinski definition) is 1. The van der Waals surface area contributed by atoms with Gasteiger partial charge in [0.15, 0.2) is 0 Å². The fraction of sp³-hybridized carbons (Fsp3) is 0.759. The molecular weight excluding hydrogens is 474 g/mol. The highest BCUT2D eigenvalue weighted by Crippen LogP contribution is 2.58. The Morgan fingerprint density at radius 2 is 1.92 bits per heavy atom. The summed E-state index contributed by atoms with van der Waals surface area (Å²) in [5.74, 6) is 0.327. The topological polar surface area (TPSA) is 90.5 Å². The summed E-state index contributed by atoms with van der Waals surface area (Å²) in [6.07, 6.45) is 5.07. The molecule has 1 aliphatic carbocycles. The maximum Gasteiger partial charge on any atom is 0.309 e. The number of ketones is 1. The number of aromatic nitrogens is 1. The van der Waals surface area contributed by atoms with Gasteiger partial charge in [0.2, 0.25) is 10.7 Å². The van der Waals surface area contributed by atoms with E-state index >= 15 is 0 Å². The molecule has 3 rings (SSSR count). The van der Waals surface area contributed by atoms with Gasteiger partial charge < -0.3 is 15.1 Å². The third-order valence-electron chi connectivity index (χ3n) is 9.40. The minimum Gasteiger partial charge on any atom is -0.617 e. The highest BCUT2D eigenvalue weighted by Gasteiger charge is 2.50. The number of ether oxygens (including phenoxy) is 1. The van der Waals surface area contributed by atoms with E-state index in [-0.39, 0.29) is 29.5 Å². The Hall–Kier alpha value is -1.73. The molecule has 1 aromatic rings. The zero-order valence-corrected chi connectivity index (χ0v) is 24.1. The number of carbonyl (C=O) groups is 2. The number of cyclic esters (lactones) is 1. The smallest absolute Gasteiger partial charge is 0.309 e. The van der Waals surface area contributed by atoms with E-state index in [4.69, 9.17) is 4.74 Å². The van der Waals surface area contributed by atoms with Crippen molar-refractivity contribution in [2.75, 3.05) is 0 Å². The van der Waals surface area contributed by atoms with Crippen LogP contribution in [0.5, 0.6) is 0 Å². The fourth-order valence-corrected chi connectivity index (χ4v) is 6.45. The molecule has 7 heteroatoms. The average molecular weight is 520 g/mol. The number of rotatable bonds is 2. The highest BCUT2D eigenvalue weighted by atomic mass is 32.1. The van der Waals surface area contributed by atoms with Crippen LogP contribution in [0.25, 0.3) is 6.08 Å². The first-order chi connectivity index (χ1) is 16.7. The molecule has 1 aliphatic heterocycles. The van der Waals surface area contributed by atoms with Crippen LogP contribution in [0.15, 0.2) is 11.0 Å². The zero-order chi connectivity index (χ0) is 27.0. The minimum absolute atomic E-state index is 0.0103. The molecule has 2 fully saturated rings. The molecule has 202 valence electrons. The summed E-state index contributed by atoms with van der Waals surface area (Å²) < 4.78 is 6.85. The molecule has 0 amide bonds. The van der Waals surface area contributed by atoms with Gasteiger partial charge in [-0.25, -0.2) is 0 Å². The monoisotopic (exact) mass is 519 g/mol. The maximum absolute atomic E-state index is 13.4. The Morgan fingerprint density at radius 1 is 1.25 bits per heavy atom. The van der Waals surface area contributed by atoms with Gasteiger partial charge >= 0.3 is 5.97 Å². The number of aliphatic hydroxyl groups excluding tert-OH is 1. The summed E-state index contributed by atoms with van der Waals surface area (Å²) in [4.78, 5) is 26.4. The van der Waals surface area contributed by atoms with Crippen LogP contribution in [0, 0.1) is 46.6 Å². The Kier molecular flexibility index (Phi) is 8.76. The maximum atomic E-state index is 13.4. The van der Waals surface area contributed by atoms with E-state index in [1.807, 2.05) is 19.2 Å². The Balaban J connectivity index is 1.88. The van der Waals surface area contributed by atoms with E-state index in [0.29, 0.717) is 29.0 Å². The second-order valence-electron chi connectivity index (χ2n) is 12.5. The van der Waals surface area contributed by atoms with Crippen molar-refractivity contribution in [3.8, 4) is 0 Å². The highest BCUT2D eigenvalue weighted by molar-refractivity contribution is 7.09. The number of nitrogens with zero attached hydrogens (tertiary/aromatic N) is 1. The number of Topliss-reactive ketones (excluding diaryl/α,β-unsaturated/α-hetero) is 1. The van der Waals surface area contributed by atoms with Crippen molar-refractivity contribution in [2.24, 2.45) is 34.5 Å². The molecule has 0 radical (unpaired) electrons. The molecule has 6 nitrogen and oxygen atoms in total. The lowest BCUT2D eigenvalue weighted by Crippen LogP contribution is -2.44. The fourth-order valence-electron chi connectivity index (χ4n) is 5.80. The van der Waals surface area contributed by atoms with Crippen LogP contribution in [0.1, 0.15) is 97.7 Å². The van der Waals surface area contributed by atoms with E-state index < -0.39 is 23.6 Å². The van der Waals surface area contributed by atoms with Crippen molar-refractivity contribution >= 4 is 29.2 Å². The summed E-state index contributed by atoms with van der Waals surface area (Å²) in [6.45, 7) is 15.8.